The molecule has 1 aromatic carbocycles. The number of anilines is 1. The lowest BCUT2D eigenvalue weighted by molar-refractivity contribution is -0.384. The van der Waals surface area contributed by atoms with Crippen LogP contribution in [-0.2, 0) is 0 Å². The fraction of sp³-hybridized carbons (Fsp3) is 0.0769. The molecule has 0 aliphatic carbocycles. The number of aryl methyl sites for hydroxylation is 1. The monoisotopic (exact) mass is 337 g/mol. The van der Waals surface area contributed by atoms with Gasteiger partial charge in [-0.1, -0.05) is 11.6 Å². The van der Waals surface area contributed by atoms with Crippen molar-refractivity contribution in [2.75, 3.05) is 5.32 Å². The Morgan fingerprint density at radius 3 is 2.91 bits per heavy atom. The number of carbonyl (C=O) groups is 1. The summed E-state index contributed by atoms with van der Waals surface area (Å²) in [5.74, 6) is 0.0507. The number of rotatable bonds is 3. The fourth-order valence-corrected chi connectivity index (χ4v) is 3.02. The van der Waals surface area contributed by atoms with Gasteiger partial charge < -0.3 is 9.73 Å². The Morgan fingerprint density at radius 1 is 1.45 bits per heavy atom. The molecule has 3 rings (SSSR count). The maximum absolute atomic E-state index is 12.1. The maximum atomic E-state index is 12.1. The predicted molar refractivity (Wildman–Crippen MR) is 82.7 cm³/mol. The molecule has 0 spiro atoms. The summed E-state index contributed by atoms with van der Waals surface area (Å²) >= 11 is 6.60. The van der Waals surface area contributed by atoms with Crippen LogP contribution in [0.25, 0.3) is 11.1 Å². The number of fused-ring (bicyclic) bond motifs is 1. The Balaban J connectivity index is 1.86. The highest BCUT2D eigenvalue weighted by atomic mass is 35.5. The van der Waals surface area contributed by atoms with E-state index in [-0.39, 0.29) is 14.9 Å². The fourth-order valence-electron chi connectivity index (χ4n) is 1.91. The van der Waals surface area contributed by atoms with Crippen LogP contribution in [0, 0.1) is 17.0 Å². The molecule has 2 aromatic heterocycles. The second-order valence-electron chi connectivity index (χ2n) is 4.40. The first-order valence-corrected chi connectivity index (χ1v) is 7.26. The van der Waals surface area contributed by atoms with E-state index in [0.29, 0.717) is 22.7 Å². The smallest absolute Gasteiger partial charge is 0.299 e. The maximum Gasteiger partial charge on any atom is 0.299 e. The van der Waals surface area contributed by atoms with Crippen LogP contribution < -0.4 is 5.32 Å². The minimum atomic E-state index is -0.626. The molecular weight excluding hydrogens is 330 g/mol. The summed E-state index contributed by atoms with van der Waals surface area (Å²) in [5.41, 5.74) is 1.45. The van der Waals surface area contributed by atoms with E-state index in [1.54, 1.807) is 25.1 Å². The molecule has 112 valence electrons. The molecule has 0 aliphatic heterocycles. The third-order valence-electron chi connectivity index (χ3n) is 2.84. The molecule has 0 aliphatic rings. The largest absolute Gasteiger partial charge is 0.441 e. The quantitative estimate of drug-likeness (QED) is 0.575. The van der Waals surface area contributed by atoms with Gasteiger partial charge in [-0.2, -0.15) is 0 Å². The molecule has 0 bridgehead atoms. The van der Waals surface area contributed by atoms with Gasteiger partial charge in [0, 0.05) is 24.7 Å². The average Bonchev–Trinajstić information content (AvgIpc) is 3.00. The SMILES string of the molecule is Cc1nc2ccc(NC(=O)c3cc([N+](=O)[O-])c(Cl)s3)cc2o1. The number of nitrogens with zero attached hydrogens (tertiary/aromatic N) is 2. The highest BCUT2D eigenvalue weighted by Crippen LogP contribution is 2.34. The number of hydrogen-bond acceptors (Lipinski definition) is 6. The van der Waals surface area contributed by atoms with Gasteiger partial charge in [0.15, 0.2) is 15.8 Å². The number of carbonyl (C=O) groups excluding carboxylic acids is 1. The van der Waals surface area contributed by atoms with Crippen molar-refractivity contribution >= 4 is 51.3 Å². The van der Waals surface area contributed by atoms with E-state index in [1.165, 1.54) is 0 Å². The highest BCUT2D eigenvalue weighted by Gasteiger charge is 2.21. The van der Waals surface area contributed by atoms with Gasteiger partial charge in [-0.05, 0) is 12.1 Å². The summed E-state index contributed by atoms with van der Waals surface area (Å²) < 4.78 is 5.35. The lowest BCUT2D eigenvalue weighted by atomic mass is 10.3. The number of thiophene rings is 1. The molecule has 1 N–H and O–H groups in total. The van der Waals surface area contributed by atoms with E-state index in [2.05, 4.69) is 10.3 Å². The molecule has 0 unspecified atom stereocenters. The zero-order chi connectivity index (χ0) is 15.9. The Kier molecular flexibility index (Phi) is 3.55. The molecule has 0 atom stereocenters. The van der Waals surface area contributed by atoms with Crippen LogP contribution in [0.4, 0.5) is 11.4 Å². The van der Waals surface area contributed by atoms with Crippen molar-refractivity contribution in [3.8, 4) is 0 Å². The molecule has 22 heavy (non-hydrogen) atoms. The summed E-state index contributed by atoms with van der Waals surface area (Å²) in [7, 11) is 0. The second-order valence-corrected chi connectivity index (χ2v) is 6.05. The third-order valence-corrected chi connectivity index (χ3v) is 4.18. The van der Waals surface area contributed by atoms with Gasteiger partial charge in [0.2, 0.25) is 0 Å². The Labute approximate surface area is 132 Å². The lowest BCUT2D eigenvalue weighted by Crippen LogP contribution is -2.09. The van der Waals surface area contributed by atoms with Gasteiger partial charge in [-0.3, -0.25) is 14.9 Å². The summed E-state index contributed by atoms with van der Waals surface area (Å²) in [6.45, 7) is 1.73. The van der Waals surface area contributed by atoms with E-state index in [9.17, 15) is 14.9 Å². The van der Waals surface area contributed by atoms with Crippen molar-refractivity contribution in [1.29, 1.82) is 0 Å². The van der Waals surface area contributed by atoms with Crippen LogP contribution in [0.2, 0.25) is 4.34 Å². The van der Waals surface area contributed by atoms with E-state index >= 15 is 0 Å². The van der Waals surface area contributed by atoms with Crippen LogP contribution in [0.1, 0.15) is 15.6 Å². The van der Waals surface area contributed by atoms with Gasteiger partial charge in [0.25, 0.3) is 11.6 Å². The summed E-state index contributed by atoms with van der Waals surface area (Å²) in [6, 6.07) is 6.17. The lowest BCUT2D eigenvalue weighted by Gasteiger charge is -2.02. The number of halogens is 1. The van der Waals surface area contributed by atoms with Gasteiger partial charge >= 0.3 is 0 Å². The van der Waals surface area contributed by atoms with Crippen molar-refractivity contribution in [3.05, 3.63) is 49.5 Å². The van der Waals surface area contributed by atoms with Gasteiger partial charge in [-0.25, -0.2) is 4.98 Å². The number of nitrogens with one attached hydrogen (secondary N) is 1. The average molecular weight is 338 g/mol. The van der Waals surface area contributed by atoms with Crippen LogP contribution in [0.5, 0.6) is 0 Å². The number of aromatic nitrogens is 1. The Morgan fingerprint density at radius 2 is 2.23 bits per heavy atom. The number of benzene rings is 1. The number of hydrogen-bond donors (Lipinski definition) is 1. The van der Waals surface area contributed by atoms with Crippen molar-refractivity contribution < 1.29 is 14.1 Å². The summed E-state index contributed by atoms with van der Waals surface area (Å²) in [4.78, 5) is 26.5. The molecule has 0 fully saturated rings. The van der Waals surface area contributed by atoms with Crippen molar-refractivity contribution in [1.82, 2.24) is 4.98 Å². The Bertz CT molecular complexity index is 902. The van der Waals surface area contributed by atoms with Gasteiger partial charge in [-0.15, -0.1) is 11.3 Å². The number of nitro groups is 1. The number of amides is 1. The standard InChI is InChI=1S/C13H8ClN3O4S/c1-6-15-8-3-2-7(4-10(8)21-6)16-13(18)11-5-9(17(19)20)12(14)22-11/h2-5H,1H3,(H,16,18). The molecule has 2 heterocycles. The molecule has 0 saturated carbocycles. The first-order chi connectivity index (χ1) is 10.4. The van der Waals surface area contributed by atoms with Crippen LogP contribution in [0.15, 0.2) is 28.7 Å². The summed E-state index contributed by atoms with van der Waals surface area (Å²) in [6.07, 6.45) is 0. The van der Waals surface area contributed by atoms with E-state index in [4.69, 9.17) is 16.0 Å². The van der Waals surface area contributed by atoms with E-state index in [1.807, 2.05) is 0 Å². The van der Waals surface area contributed by atoms with Crippen molar-refractivity contribution in [2.45, 2.75) is 6.92 Å². The molecule has 0 radical (unpaired) electrons. The minimum Gasteiger partial charge on any atom is -0.441 e. The third kappa shape index (κ3) is 2.66. The first-order valence-electron chi connectivity index (χ1n) is 6.06. The number of oxazole rings is 1. The topological polar surface area (TPSA) is 98.3 Å². The highest BCUT2D eigenvalue weighted by molar-refractivity contribution is 7.18. The molecular formula is C13H8ClN3O4S. The second kappa shape index (κ2) is 5.39. The van der Waals surface area contributed by atoms with Crippen LogP contribution in [-0.4, -0.2) is 15.8 Å². The van der Waals surface area contributed by atoms with E-state index in [0.717, 1.165) is 17.4 Å². The first kappa shape index (κ1) is 14.5. The zero-order valence-electron chi connectivity index (χ0n) is 11.1. The van der Waals surface area contributed by atoms with E-state index < -0.39 is 10.8 Å². The van der Waals surface area contributed by atoms with Gasteiger partial charge in [0.05, 0.1) is 4.92 Å². The summed E-state index contributed by atoms with van der Waals surface area (Å²) in [5, 5.41) is 13.4. The zero-order valence-corrected chi connectivity index (χ0v) is 12.7. The Hall–Kier alpha value is -2.45. The van der Waals surface area contributed by atoms with Crippen molar-refractivity contribution in [2.24, 2.45) is 0 Å². The predicted octanol–water partition coefficient (Wildman–Crippen LogP) is 4.01. The molecule has 1 amide bonds. The molecule has 9 heteroatoms. The normalized spacial score (nSPS) is 10.8. The van der Waals surface area contributed by atoms with Crippen LogP contribution in [0.3, 0.4) is 0 Å². The molecule has 3 aromatic rings. The molecule has 0 saturated heterocycles. The van der Waals surface area contributed by atoms with Crippen molar-refractivity contribution in [3.63, 3.8) is 0 Å². The minimum absolute atomic E-state index is 0.0311. The van der Waals surface area contributed by atoms with Crippen LogP contribution >= 0.6 is 22.9 Å². The van der Waals surface area contributed by atoms with Gasteiger partial charge in [0.1, 0.15) is 10.4 Å². The molecule has 7 nitrogen and oxygen atoms in total.